The zero-order chi connectivity index (χ0) is 20.4. The summed E-state index contributed by atoms with van der Waals surface area (Å²) in [6.45, 7) is 2.31. The first-order valence-corrected chi connectivity index (χ1v) is 9.85. The minimum Gasteiger partial charge on any atom is -0.457 e. The van der Waals surface area contributed by atoms with Crippen molar-refractivity contribution in [3.63, 3.8) is 0 Å². The molecular formula is C22H22ClN3O3. The van der Waals surface area contributed by atoms with Gasteiger partial charge in [0, 0.05) is 36.8 Å². The van der Waals surface area contributed by atoms with Crippen molar-refractivity contribution in [1.29, 1.82) is 0 Å². The molecule has 0 saturated carbocycles. The van der Waals surface area contributed by atoms with E-state index in [2.05, 4.69) is 14.5 Å². The van der Waals surface area contributed by atoms with E-state index >= 15 is 0 Å². The summed E-state index contributed by atoms with van der Waals surface area (Å²) >= 11 is 6.01. The number of halogens is 1. The van der Waals surface area contributed by atoms with Crippen LogP contribution in [0.15, 0.2) is 48.7 Å². The van der Waals surface area contributed by atoms with Gasteiger partial charge in [0.2, 0.25) is 0 Å². The Bertz CT molecular complexity index is 1020. The molecule has 1 aromatic heterocycles. The fourth-order valence-electron chi connectivity index (χ4n) is 3.53. The topological polar surface area (TPSA) is 67.6 Å². The number of ether oxygens (including phenoxy) is 1. The lowest BCUT2D eigenvalue weighted by Crippen LogP contribution is -2.23. The molecule has 0 unspecified atom stereocenters. The standard InChI is InChI=1S/C22H22ClN3O3/c1-25-20(11-24-22(25)13-26-9-8-18(28)12-26)15-3-6-19(7-4-15)29-21-10-17(23)5-2-16(21)14-27/h2-7,10-11,14,18,28H,8-9,12-13H2,1H3/t18-/m0/s1. The van der Waals surface area contributed by atoms with Crippen molar-refractivity contribution in [2.75, 3.05) is 13.1 Å². The van der Waals surface area contributed by atoms with Gasteiger partial charge in [0.1, 0.15) is 17.3 Å². The Kier molecular flexibility index (Phi) is 5.67. The average Bonchev–Trinajstić information content (AvgIpc) is 3.29. The predicted molar refractivity (Wildman–Crippen MR) is 111 cm³/mol. The molecular weight excluding hydrogens is 390 g/mol. The minimum absolute atomic E-state index is 0.235. The number of nitrogens with zero attached hydrogens (tertiary/aromatic N) is 3. The molecule has 0 spiro atoms. The number of aromatic nitrogens is 2. The normalized spacial score (nSPS) is 16.9. The van der Waals surface area contributed by atoms with E-state index in [0.717, 1.165) is 42.9 Å². The third-order valence-electron chi connectivity index (χ3n) is 5.18. The van der Waals surface area contributed by atoms with Crippen LogP contribution in [0.3, 0.4) is 0 Å². The Morgan fingerprint density at radius 1 is 1.28 bits per heavy atom. The SMILES string of the molecule is Cn1c(-c2ccc(Oc3cc(Cl)ccc3C=O)cc2)cnc1CN1CC[C@H](O)C1. The van der Waals surface area contributed by atoms with Crippen LogP contribution in [0.1, 0.15) is 22.6 Å². The maximum absolute atomic E-state index is 11.2. The molecule has 1 fully saturated rings. The third-order valence-corrected chi connectivity index (χ3v) is 5.41. The number of aliphatic hydroxyl groups excluding tert-OH is 1. The van der Waals surface area contributed by atoms with Gasteiger partial charge in [-0.1, -0.05) is 11.6 Å². The molecule has 0 amide bonds. The maximum atomic E-state index is 11.2. The summed E-state index contributed by atoms with van der Waals surface area (Å²) in [7, 11) is 2.00. The molecule has 1 N–H and O–H groups in total. The molecule has 1 saturated heterocycles. The number of carbonyl (C=O) groups is 1. The maximum Gasteiger partial charge on any atom is 0.153 e. The number of rotatable bonds is 6. The highest BCUT2D eigenvalue weighted by Crippen LogP contribution is 2.29. The number of hydrogen-bond donors (Lipinski definition) is 1. The summed E-state index contributed by atoms with van der Waals surface area (Å²) in [5.74, 6) is 2.01. The van der Waals surface area contributed by atoms with Crippen LogP contribution < -0.4 is 4.74 Å². The van der Waals surface area contributed by atoms with Gasteiger partial charge in [-0.2, -0.15) is 0 Å². The summed E-state index contributed by atoms with van der Waals surface area (Å²) in [6.07, 6.45) is 3.19. The Hall–Kier alpha value is -2.67. The number of β-amino-alcohol motifs (C(OH)–C–C–N with tert-alkyl or cyclic N) is 1. The van der Waals surface area contributed by atoms with Crippen LogP contribution in [0.25, 0.3) is 11.3 Å². The Morgan fingerprint density at radius 3 is 2.76 bits per heavy atom. The molecule has 0 aliphatic carbocycles. The average molecular weight is 412 g/mol. The molecule has 0 radical (unpaired) electrons. The van der Waals surface area contributed by atoms with Crippen molar-refractivity contribution in [1.82, 2.24) is 14.5 Å². The van der Waals surface area contributed by atoms with Gasteiger partial charge >= 0.3 is 0 Å². The highest BCUT2D eigenvalue weighted by molar-refractivity contribution is 6.30. The first-order chi connectivity index (χ1) is 14.0. The fourth-order valence-corrected chi connectivity index (χ4v) is 3.70. The van der Waals surface area contributed by atoms with Crippen molar-refractivity contribution in [2.24, 2.45) is 7.05 Å². The van der Waals surface area contributed by atoms with Crippen LogP contribution in [0.4, 0.5) is 0 Å². The molecule has 6 nitrogen and oxygen atoms in total. The van der Waals surface area contributed by atoms with E-state index in [4.69, 9.17) is 16.3 Å². The number of aldehydes is 1. The Morgan fingerprint density at radius 2 is 2.07 bits per heavy atom. The number of imidazole rings is 1. The minimum atomic E-state index is -0.235. The monoisotopic (exact) mass is 411 g/mol. The molecule has 2 aromatic carbocycles. The highest BCUT2D eigenvalue weighted by atomic mass is 35.5. The van der Waals surface area contributed by atoms with Crippen LogP contribution in [0.5, 0.6) is 11.5 Å². The van der Waals surface area contributed by atoms with E-state index in [1.165, 1.54) is 0 Å². The summed E-state index contributed by atoms with van der Waals surface area (Å²) in [4.78, 5) is 18.0. The van der Waals surface area contributed by atoms with Gasteiger partial charge in [-0.25, -0.2) is 4.98 Å². The first kappa shape index (κ1) is 19.6. The highest BCUT2D eigenvalue weighted by Gasteiger charge is 2.22. The van der Waals surface area contributed by atoms with Crippen molar-refractivity contribution in [3.05, 3.63) is 65.1 Å². The van der Waals surface area contributed by atoms with Crippen LogP contribution in [-0.4, -0.2) is 45.0 Å². The second kappa shape index (κ2) is 8.37. The van der Waals surface area contributed by atoms with Gasteiger partial charge in [-0.05, 0) is 42.8 Å². The quantitative estimate of drug-likeness (QED) is 0.623. The second-order valence-electron chi connectivity index (χ2n) is 7.22. The largest absolute Gasteiger partial charge is 0.457 e. The molecule has 3 aromatic rings. The van der Waals surface area contributed by atoms with Gasteiger partial charge in [0.15, 0.2) is 6.29 Å². The van der Waals surface area contributed by atoms with E-state index < -0.39 is 0 Å². The number of carbonyl (C=O) groups excluding carboxylic acids is 1. The molecule has 4 rings (SSSR count). The zero-order valence-corrected chi connectivity index (χ0v) is 16.8. The molecule has 2 heterocycles. The van der Waals surface area contributed by atoms with Gasteiger partial charge in [0.25, 0.3) is 0 Å². The van der Waals surface area contributed by atoms with Crippen molar-refractivity contribution >= 4 is 17.9 Å². The lowest BCUT2D eigenvalue weighted by molar-refractivity contribution is 0.112. The van der Waals surface area contributed by atoms with E-state index in [-0.39, 0.29) is 6.10 Å². The van der Waals surface area contributed by atoms with Crippen LogP contribution in [0, 0.1) is 0 Å². The van der Waals surface area contributed by atoms with E-state index in [0.29, 0.717) is 28.6 Å². The van der Waals surface area contributed by atoms with Crippen molar-refractivity contribution in [2.45, 2.75) is 19.1 Å². The van der Waals surface area contributed by atoms with E-state index in [1.807, 2.05) is 37.5 Å². The first-order valence-electron chi connectivity index (χ1n) is 9.47. The smallest absolute Gasteiger partial charge is 0.153 e. The van der Waals surface area contributed by atoms with E-state index in [9.17, 15) is 9.90 Å². The molecule has 1 aliphatic heterocycles. The van der Waals surface area contributed by atoms with E-state index in [1.54, 1.807) is 18.2 Å². The van der Waals surface area contributed by atoms with Crippen molar-refractivity contribution in [3.8, 4) is 22.8 Å². The van der Waals surface area contributed by atoms with Gasteiger partial charge in [0.05, 0.1) is 30.1 Å². The number of benzene rings is 2. The summed E-state index contributed by atoms with van der Waals surface area (Å²) in [6, 6.07) is 12.5. The molecule has 150 valence electrons. The molecule has 7 heteroatoms. The molecule has 29 heavy (non-hydrogen) atoms. The van der Waals surface area contributed by atoms with Crippen LogP contribution in [0.2, 0.25) is 5.02 Å². The molecule has 1 atom stereocenters. The number of hydrogen-bond acceptors (Lipinski definition) is 5. The lowest BCUT2D eigenvalue weighted by atomic mass is 10.1. The van der Waals surface area contributed by atoms with Gasteiger partial charge in [-0.3, -0.25) is 9.69 Å². The van der Waals surface area contributed by atoms with Gasteiger partial charge in [-0.15, -0.1) is 0 Å². The van der Waals surface area contributed by atoms with Crippen LogP contribution in [-0.2, 0) is 13.6 Å². The molecule has 0 bridgehead atoms. The zero-order valence-electron chi connectivity index (χ0n) is 16.1. The Balaban J connectivity index is 1.50. The fraction of sp³-hybridized carbons (Fsp3) is 0.273. The molecule has 1 aliphatic rings. The summed E-state index contributed by atoms with van der Waals surface area (Å²) in [5, 5.41) is 10.2. The van der Waals surface area contributed by atoms with Gasteiger partial charge < -0.3 is 14.4 Å². The third kappa shape index (κ3) is 4.34. The van der Waals surface area contributed by atoms with Crippen LogP contribution >= 0.6 is 11.6 Å². The summed E-state index contributed by atoms with van der Waals surface area (Å²) < 4.78 is 7.91. The number of likely N-dealkylation sites (tertiary alicyclic amines) is 1. The van der Waals surface area contributed by atoms with Crippen molar-refractivity contribution < 1.29 is 14.6 Å². The number of aliphatic hydroxyl groups is 1. The second-order valence-corrected chi connectivity index (χ2v) is 7.66. The predicted octanol–water partition coefficient (Wildman–Crippen LogP) is 3.91. The summed E-state index contributed by atoms with van der Waals surface area (Å²) in [5.41, 5.74) is 2.46. The Labute approximate surface area is 174 Å². The lowest BCUT2D eigenvalue weighted by Gasteiger charge is -2.15.